The molecule has 0 aromatic carbocycles. The summed E-state index contributed by atoms with van der Waals surface area (Å²) in [6, 6.07) is 1.41. The smallest absolute Gasteiger partial charge is 0.252 e. The first kappa shape index (κ1) is 13.2. The van der Waals surface area contributed by atoms with E-state index >= 15 is 0 Å². The monoisotopic (exact) mass is 260 g/mol. The summed E-state index contributed by atoms with van der Waals surface area (Å²) in [5.41, 5.74) is 1.66. The number of carbonyl (C=O) groups excluding carboxylic acids is 1. The van der Waals surface area contributed by atoms with E-state index in [1.165, 1.54) is 16.9 Å². The van der Waals surface area contributed by atoms with Gasteiger partial charge in [0, 0.05) is 11.8 Å². The van der Waals surface area contributed by atoms with Gasteiger partial charge in [-0.15, -0.1) is 0 Å². The second-order valence-corrected chi connectivity index (χ2v) is 4.88. The van der Waals surface area contributed by atoms with Gasteiger partial charge >= 0.3 is 0 Å². The van der Waals surface area contributed by atoms with E-state index in [1.807, 2.05) is 0 Å². The molecule has 6 nitrogen and oxygen atoms in total. The van der Waals surface area contributed by atoms with Gasteiger partial charge in [0.05, 0.1) is 17.5 Å². The Kier molecular flexibility index (Phi) is 3.59. The lowest BCUT2D eigenvalue weighted by atomic mass is 10.1. The first-order valence-corrected chi connectivity index (χ1v) is 6.11. The van der Waals surface area contributed by atoms with Gasteiger partial charge in [-0.2, -0.15) is 5.10 Å². The molecule has 0 amide bonds. The molecule has 0 aliphatic rings. The molecule has 0 saturated heterocycles. The van der Waals surface area contributed by atoms with E-state index in [-0.39, 0.29) is 5.56 Å². The van der Waals surface area contributed by atoms with Crippen molar-refractivity contribution in [2.45, 2.75) is 27.2 Å². The number of aryl methyl sites for hydroxylation is 1. The zero-order valence-corrected chi connectivity index (χ0v) is 11.2. The Balaban J connectivity index is 2.58. The maximum Gasteiger partial charge on any atom is 0.252 e. The van der Waals surface area contributed by atoms with Crippen LogP contribution in [-0.4, -0.2) is 26.0 Å². The fourth-order valence-electron chi connectivity index (χ4n) is 1.92. The number of nitrogens with zero attached hydrogens (tertiary/aromatic N) is 3. The predicted octanol–water partition coefficient (Wildman–Crippen LogP) is 1.28. The number of hydrogen-bond acceptors (Lipinski definition) is 4. The van der Waals surface area contributed by atoms with Crippen LogP contribution in [0.1, 0.15) is 35.6 Å². The van der Waals surface area contributed by atoms with E-state index in [0.717, 1.165) is 12.0 Å². The van der Waals surface area contributed by atoms with Gasteiger partial charge in [0.25, 0.3) is 5.56 Å². The molecular formula is C13H16N4O2. The number of aldehydes is 1. The number of carbonyl (C=O) groups is 1. The lowest BCUT2D eigenvalue weighted by Gasteiger charge is -2.09. The second-order valence-electron chi connectivity index (χ2n) is 4.88. The first-order chi connectivity index (χ1) is 9.01. The summed E-state index contributed by atoms with van der Waals surface area (Å²) in [5.74, 6) is 0.708. The van der Waals surface area contributed by atoms with Crippen LogP contribution in [-0.2, 0) is 6.42 Å². The highest BCUT2D eigenvalue weighted by Gasteiger charge is 2.14. The zero-order valence-electron chi connectivity index (χ0n) is 11.2. The van der Waals surface area contributed by atoms with Crippen molar-refractivity contribution < 1.29 is 4.79 Å². The van der Waals surface area contributed by atoms with Crippen LogP contribution in [0.3, 0.4) is 0 Å². The molecule has 0 radical (unpaired) electrons. The number of nitrogens with one attached hydrogen (secondary N) is 1. The van der Waals surface area contributed by atoms with E-state index in [0.29, 0.717) is 29.5 Å². The maximum atomic E-state index is 11.5. The lowest BCUT2D eigenvalue weighted by Crippen LogP contribution is -2.16. The molecule has 0 saturated carbocycles. The number of aromatic amines is 1. The van der Waals surface area contributed by atoms with Crippen LogP contribution < -0.4 is 5.56 Å². The summed E-state index contributed by atoms with van der Waals surface area (Å²) < 4.78 is 1.53. The normalized spacial score (nSPS) is 10.9. The fraction of sp³-hybridized carbons (Fsp3) is 0.385. The Morgan fingerprint density at radius 1 is 1.47 bits per heavy atom. The summed E-state index contributed by atoms with van der Waals surface area (Å²) in [5, 5.41) is 4.15. The highest BCUT2D eigenvalue weighted by molar-refractivity contribution is 5.76. The number of rotatable bonds is 4. The molecule has 0 aliphatic heterocycles. The van der Waals surface area contributed by atoms with Crippen molar-refractivity contribution in [3.8, 4) is 5.95 Å². The molecule has 6 heteroatoms. The van der Waals surface area contributed by atoms with Crippen molar-refractivity contribution in [1.82, 2.24) is 19.7 Å². The SMILES string of the molecule is Cc1cc(=O)[nH]c(-n2ncc(C=O)c2CC(C)C)n1. The van der Waals surface area contributed by atoms with Crippen molar-refractivity contribution in [1.29, 1.82) is 0 Å². The summed E-state index contributed by atoms with van der Waals surface area (Å²) >= 11 is 0. The number of aromatic nitrogens is 4. The van der Waals surface area contributed by atoms with Gasteiger partial charge in [-0.05, 0) is 19.3 Å². The average molecular weight is 260 g/mol. The highest BCUT2D eigenvalue weighted by Crippen LogP contribution is 2.14. The molecule has 2 aromatic rings. The van der Waals surface area contributed by atoms with Gasteiger partial charge in [-0.1, -0.05) is 13.8 Å². The lowest BCUT2D eigenvalue weighted by molar-refractivity contribution is 0.112. The van der Waals surface area contributed by atoms with Crippen molar-refractivity contribution in [3.63, 3.8) is 0 Å². The van der Waals surface area contributed by atoms with Crippen LogP contribution in [0.25, 0.3) is 5.95 Å². The summed E-state index contributed by atoms with van der Waals surface area (Å²) in [4.78, 5) is 29.4. The molecule has 2 heterocycles. The maximum absolute atomic E-state index is 11.5. The van der Waals surface area contributed by atoms with E-state index < -0.39 is 0 Å². The van der Waals surface area contributed by atoms with Crippen LogP contribution >= 0.6 is 0 Å². The van der Waals surface area contributed by atoms with E-state index in [9.17, 15) is 9.59 Å². The van der Waals surface area contributed by atoms with E-state index in [4.69, 9.17) is 0 Å². The molecule has 2 rings (SSSR count). The molecule has 0 aliphatic carbocycles. The Morgan fingerprint density at radius 3 is 2.79 bits per heavy atom. The average Bonchev–Trinajstić information content (AvgIpc) is 2.69. The minimum absolute atomic E-state index is 0.235. The fourth-order valence-corrected chi connectivity index (χ4v) is 1.92. The van der Waals surface area contributed by atoms with Crippen molar-refractivity contribution in [3.05, 3.63) is 39.6 Å². The largest absolute Gasteiger partial charge is 0.298 e. The Bertz CT molecular complexity index is 655. The molecule has 19 heavy (non-hydrogen) atoms. The topological polar surface area (TPSA) is 80.6 Å². The van der Waals surface area contributed by atoms with Crippen molar-refractivity contribution in [2.75, 3.05) is 0 Å². The molecular weight excluding hydrogens is 244 g/mol. The van der Waals surface area contributed by atoms with Gasteiger partial charge in [0.1, 0.15) is 0 Å². The molecule has 0 unspecified atom stereocenters. The molecule has 0 bridgehead atoms. The van der Waals surface area contributed by atoms with Gasteiger partial charge in [0.15, 0.2) is 6.29 Å². The summed E-state index contributed by atoms with van der Waals surface area (Å²) in [6.07, 6.45) is 2.95. The van der Waals surface area contributed by atoms with Gasteiger partial charge < -0.3 is 0 Å². The van der Waals surface area contributed by atoms with Crippen LogP contribution in [0, 0.1) is 12.8 Å². The summed E-state index contributed by atoms with van der Waals surface area (Å²) in [6.45, 7) is 5.85. The molecule has 0 spiro atoms. The molecule has 0 fully saturated rings. The molecule has 0 atom stereocenters. The molecule has 1 N–H and O–H groups in total. The van der Waals surface area contributed by atoms with E-state index in [1.54, 1.807) is 6.92 Å². The van der Waals surface area contributed by atoms with Crippen molar-refractivity contribution in [2.24, 2.45) is 5.92 Å². The third kappa shape index (κ3) is 2.78. The van der Waals surface area contributed by atoms with Gasteiger partial charge in [0.2, 0.25) is 5.95 Å². The van der Waals surface area contributed by atoms with Crippen LogP contribution in [0.4, 0.5) is 0 Å². The number of hydrogen-bond donors (Lipinski definition) is 1. The van der Waals surface area contributed by atoms with Crippen molar-refractivity contribution >= 4 is 6.29 Å². The number of H-pyrrole nitrogens is 1. The van der Waals surface area contributed by atoms with Crippen LogP contribution in [0.15, 0.2) is 17.1 Å². The highest BCUT2D eigenvalue weighted by atomic mass is 16.1. The third-order valence-corrected chi connectivity index (χ3v) is 2.69. The Morgan fingerprint density at radius 2 is 2.21 bits per heavy atom. The minimum atomic E-state index is -0.235. The first-order valence-electron chi connectivity index (χ1n) is 6.11. The standard InChI is InChI=1S/C13H16N4O2/c1-8(2)4-11-10(7-18)6-14-17(11)13-15-9(3)5-12(19)16-13/h5-8H,4H2,1-3H3,(H,15,16,19). The molecule has 2 aromatic heterocycles. The quantitative estimate of drug-likeness (QED) is 0.839. The Hall–Kier alpha value is -2.24. The zero-order chi connectivity index (χ0) is 14.0. The third-order valence-electron chi connectivity index (χ3n) is 2.69. The van der Waals surface area contributed by atoms with Crippen LogP contribution in [0.5, 0.6) is 0 Å². The Labute approximate surface area is 110 Å². The second kappa shape index (κ2) is 5.17. The molecule has 100 valence electrons. The van der Waals surface area contributed by atoms with Crippen LogP contribution in [0.2, 0.25) is 0 Å². The summed E-state index contributed by atoms with van der Waals surface area (Å²) in [7, 11) is 0. The van der Waals surface area contributed by atoms with Gasteiger partial charge in [-0.25, -0.2) is 9.67 Å². The minimum Gasteiger partial charge on any atom is -0.298 e. The van der Waals surface area contributed by atoms with Gasteiger partial charge in [-0.3, -0.25) is 14.6 Å². The predicted molar refractivity (Wildman–Crippen MR) is 70.6 cm³/mol. The van der Waals surface area contributed by atoms with E-state index in [2.05, 4.69) is 28.9 Å².